The second-order valence-corrected chi connectivity index (χ2v) is 5.48. The molecule has 100 valence electrons. The fraction of sp³-hybridized carbons (Fsp3) is 0.400. The number of hydrogen-bond acceptors (Lipinski definition) is 5. The summed E-state index contributed by atoms with van der Waals surface area (Å²) in [6.07, 6.45) is 0.611. The van der Waals surface area contributed by atoms with Crippen LogP contribution in [-0.2, 0) is 10.0 Å². The lowest BCUT2D eigenvalue weighted by molar-refractivity contribution is -0.387. The molecule has 0 aliphatic heterocycles. The van der Waals surface area contributed by atoms with Crippen molar-refractivity contribution in [3.8, 4) is 0 Å². The molecular weight excluding hydrogens is 258 g/mol. The molecule has 0 saturated carbocycles. The Hall–Kier alpha value is -1.51. The predicted octanol–water partition coefficient (Wildman–Crippen LogP) is 0.610. The van der Waals surface area contributed by atoms with Crippen LogP contribution in [-0.4, -0.2) is 25.9 Å². The normalized spacial score (nSPS) is 13.2. The number of nitrogens with two attached hydrogens (primary N) is 1. The van der Waals surface area contributed by atoms with Gasteiger partial charge in [0, 0.05) is 18.7 Å². The maximum atomic E-state index is 11.9. The van der Waals surface area contributed by atoms with Crippen molar-refractivity contribution in [2.75, 3.05) is 6.54 Å². The Morgan fingerprint density at radius 3 is 2.61 bits per heavy atom. The molecule has 0 saturated heterocycles. The van der Waals surface area contributed by atoms with Gasteiger partial charge in [-0.15, -0.1) is 0 Å². The molecule has 0 heterocycles. The number of nitrogens with one attached hydrogen (secondary N) is 1. The summed E-state index contributed by atoms with van der Waals surface area (Å²) in [6.45, 7) is 1.87. The lowest BCUT2D eigenvalue weighted by atomic mass is 10.2. The van der Waals surface area contributed by atoms with Crippen LogP contribution in [0.5, 0.6) is 0 Å². The number of nitro benzene ring substituents is 1. The van der Waals surface area contributed by atoms with Crippen LogP contribution in [0.3, 0.4) is 0 Å². The second kappa shape index (κ2) is 5.89. The van der Waals surface area contributed by atoms with Crippen molar-refractivity contribution in [3.05, 3.63) is 34.4 Å². The molecule has 1 rings (SSSR count). The smallest absolute Gasteiger partial charge is 0.289 e. The average molecular weight is 273 g/mol. The largest absolute Gasteiger partial charge is 0.327 e. The first-order valence-electron chi connectivity index (χ1n) is 5.37. The van der Waals surface area contributed by atoms with Crippen molar-refractivity contribution in [2.45, 2.75) is 24.3 Å². The quantitative estimate of drug-likeness (QED) is 0.582. The van der Waals surface area contributed by atoms with Crippen LogP contribution >= 0.6 is 0 Å². The van der Waals surface area contributed by atoms with Crippen LogP contribution in [0.2, 0.25) is 0 Å². The second-order valence-electron chi connectivity index (χ2n) is 3.75. The lowest BCUT2D eigenvalue weighted by Gasteiger charge is -2.10. The highest BCUT2D eigenvalue weighted by Gasteiger charge is 2.24. The number of nitrogens with zero attached hydrogens (tertiary/aromatic N) is 1. The third kappa shape index (κ3) is 3.49. The summed E-state index contributed by atoms with van der Waals surface area (Å²) in [4.78, 5) is 9.67. The Balaban J connectivity index is 3.02. The van der Waals surface area contributed by atoms with Gasteiger partial charge >= 0.3 is 0 Å². The van der Waals surface area contributed by atoms with E-state index in [2.05, 4.69) is 4.72 Å². The molecule has 1 unspecified atom stereocenters. The van der Waals surface area contributed by atoms with E-state index in [4.69, 9.17) is 5.73 Å². The summed E-state index contributed by atoms with van der Waals surface area (Å²) in [6, 6.07) is 4.87. The Kier molecular flexibility index (Phi) is 4.76. The van der Waals surface area contributed by atoms with Gasteiger partial charge in [-0.2, -0.15) is 0 Å². The fourth-order valence-corrected chi connectivity index (χ4v) is 2.54. The van der Waals surface area contributed by atoms with Gasteiger partial charge in [0.05, 0.1) is 4.92 Å². The number of benzene rings is 1. The van der Waals surface area contributed by atoms with Gasteiger partial charge in [0.15, 0.2) is 4.90 Å². The van der Waals surface area contributed by atoms with Crippen molar-refractivity contribution >= 4 is 15.7 Å². The van der Waals surface area contributed by atoms with Crippen LogP contribution in [0.4, 0.5) is 5.69 Å². The van der Waals surface area contributed by atoms with Crippen molar-refractivity contribution in [1.29, 1.82) is 0 Å². The molecule has 0 amide bonds. The first-order chi connectivity index (χ1) is 8.38. The zero-order valence-corrected chi connectivity index (χ0v) is 10.7. The van der Waals surface area contributed by atoms with E-state index in [1.54, 1.807) is 0 Å². The third-order valence-electron chi connectivity index (χ3n) is 2.41. The molecule has 0 bridgehead atoms. The predicted molar refractivity (Wildman–Crippen MR) is 66.6 cm³/mol. The fourth-order valence-electron chi connectivity index (χ4n) is 1.27. The maximum absolute atomic E-state index is 11.9. The summed E-state index contributed by atoms with van der Waals surface area (Å²) >= 11 is 0. The first-order valence-corrected chi connectivity index (χ1v) is 6.85. The zero-order valence-electron chi connectivity index (χ0n) is 9.87. The summed E-state index contributed by atoms with van der Waals surface area (Å²) in [5.74, 6) is 0. The molecule has 1 atom stereocenters. The average Bonchev–Trinajstić information content (AvgIpc) is 2.36. The molecule has 0 radical (unpaired) electrons. The summed E-state index contributed by atoms with van der Waals surface area (Å²) < 4.78 is 26.1. The molecular formula is C10H15N3O4S. The Morgan fingerprint density at radius 1 is 1.44 bits per heavy atom. The van der Waals surface area contributed by atoms with Crippen molar-refractivity contribution < 1.29 is 13.3 Å². The van der Waals surface area contributed by atoms with Crippen LogP contribution in [0.1, 0.15) is 13.3 Å². The summed E-state index contributed by atoms with van der Waals surface area (Å²) in [5.41, 5.74) is 5.15. The monoisotopic (exact) mass is 273 g/mol. The van der Waals surface area contributed by atoms with E-state index in [0.29, 0.717) is 6.42 Å². The minimum absolute atomic E-state index is 0.0465. The van der Waals surface area contributed by atoms with Gasteiger partial charge in [-0.25, -0.2) is 13.1 Å². The van der Waals surface area contributed by atoms with Gasteiger partial charge in [0.25, 0.3) is 5.69 Å². The highest BCUT2D eigenvalue weighted by Crippen LogP contribution is 2.22. The summed E-state index contributed by atoms with van der Waals surface area (Å²) in [5, 5.41) is 10.8. The molecule has 1 aromatic carbocycles. The molecule has 0 aliphatic carbocycles. The Labute approximate surface area is 105 Å². The van der Waals surface area contributed by atoms with Crippen molar-refractivity contribution in [1.82, 2.24) is 4.72 Å². The Bertz CT molecular complexity index is 530. The van der Waals surface area contributed by atoms with E-state index in [9.17, 15) is 18.5 Å². The van der Waals surface area contributed by atoms with Gasteiger partial charge in [-0.1, -0.05) is 19.1 Å². The summed E-state index contributed by atoms with van der Waals surface area (Å²) in [7, 11) is -3.91. The zero-order chi connectivity index (χ0) is 13.8. The number of hydrogen-bond donors (Lipinski definition) is 2. The maximum Gasteiger partial charge on any atom is 0.289 e. The lowest BCUT2D eigenvalue weighted by Crippen LogP contribution is -2.36. The van der Waals surface area contributed by atoms with E-state index < -0.39 is 20.6 Å². The molecule has 18 heavy (non-hydrogen) atoms. The van der Waals surface area contributed by atoms with E-state index in [-0.39, 0.29) is 17.5 Å². The molecule has 8 heteroatoms. The van der Waals surface area contributed by atoms with Crippen molar-refractivity contribution in [2.24, 2.45) is 5.73 Å². The van der Waals surface area contributed by atoms with Gasteiger partial charge in [0.1, 0.15) is 0 Å². The number of nitro groups is 1. The topological polar surface area (TPSA) is 115 Å². The minimum Gasteiger partial charge on any atom is -0.327 e. The van der Waals surface area contributed by atoms with E-state index >= 15 is 0 Å². The standard InChI is InChI=1S/C10H15N3O4S/c1-2-8(11)7-12-18(16,17)10-6-4-3-5-9(10)13(14)15/h3-6,8,12H,2,7,11H2,1H3. The van der Waals surface area contributed by atoms with Crippen molar-refractivity contribution in [3.63, 3.8) is 0 Å². The van der Waals surface area contributed by atoms with E-state index in [1.165, 1.54) is 18.2 Å². The molecule has 0 aliphatic rings. The van der Waals surface area contributed by atoms with Crippen LogP contribution < -0.4 is 10.5 Å². The molecule has 0 fully saturated rings. The first kappa shape index (κ1) is 14.6. The number of sulfonamides is 1. The molecule has 3 N–H and O–H groups in total. The van der Waals surface area contributed by atoms with Crippen LogP contribution in [0.25, 0.3) is 0 Å². The number of rotatable bonds is 6. The van der Waals surface area contributed by atoms with E-state index in [0.717, 1.165) is 6.07 Å². The molecule has 0 aromatic heterocycles. The van der Waals surface area contributed by atoms with E-state index in [1.807, 2.05) is 6.92 Å². The van der Waals surface area contributed by atoms with Gasteiger partial charge in [0.2, 0.25) is 10.0 Å². The Morgan fingerprint density at radius 2 is 2.06 bits per heavy atom. The minimum atomic E-state index is -3.91. The number of para-hydroxylation sites is 1. The van der Waals surface area contributed by atoms with Crippen LogP contribution in [0.15, 0.2) is 29.2 Å². The highest BCUT2D eigenvalue weighted by molar-refractivity contribution is 7.89. The highest BCUT2D eigenvalue weighted by atomic mass is 32.2. The third-order valence-corrected chi connectivity index (χ3v) is 3.88. The molecule has 0 spiro atoms. The van der Waals surface area contributed by atoms with Gasteiger partial charge < -0.3 is 5.73 Å². The molecule has 7 nitrogen and oxygen atoms in total. The SMILES string of the molecule is CCC(N)CNS(=O)(=O)c1ccccc1[N+](=O)[O-]. The van der Waals surface area contributed by atoms with Gasteiger partial charge in [-0.3, -0.25) is 10.1 Å². The van der Waals surface area contributed by atoms with Crippen LogP contribution in [0, 0.1) is 10.1 Å². The van der Waals surface area contributed by atoms with Gasteiger partial charge in [-0.05, 0) is 12.5 Å². The molecule has 1 aromatic rings.